The highest BCUT2D eigenvalue weighted by molar-refractivity contribution is 8.00. The number of β-lactam (4-membered cyclic amide) rings is 1. The predicted molar refractivity (Wildman–Crippen MR) is 84.8 cm³/mol. The van der Waals surface area contributed by atoms with Gasteiger partial charge in [0.05, 0.1) is 0 Å². The zero-order valence-electron chi connectivity index (χ0n) is 13.0. The molecule has 24 heavy (non-hydrogen) atoms. The highest BCUT2D eigenvalue weighted by Gasteiger charge is 2.53. The molecule has 1 fully saturated rings. The van der Waals surface area contributed by atoms with E-state index < -0.39 is 35.3 Å². The number of carboxylic acid groups (broad SMARTS) is 2. The standard InChI is InChI=1S/C14H19N3O6S/c1-6-5-24-12-9(11(19)17(12)10(6)14(22)23)16-8(18)4-2-3-7(15)13(20)21/h7,9,12H,2-5,15H2,1H3,(H,16,18)(H,20,21)(H,22,23)/t7?,9?,12-/m0/s1. The van der Waals surface area contributed by atoms with Crippen LogP contribution in [0, 0.1) is 0 Å². The fourth-order valence-electron chi connectivity index (χ4n) is 2.63. The smallest absolute Gasteiger partial charge is 0.352 e. The minimum Gasteiger partial charge on any atom is -0.480 e. The van der Waals surface area contributed by atoms with E-state index >= 15 is 0 Å². The third-order valence-corrected chi connectivity index (χ3v) is 5.34. The van der Waals surface area contributed by atoms with E-state index in [9.17, 15) is 24.3 Å². The number of thioether (sulfide) groups is 1. The van der Waals surface area contributed by atoms with E-state index in [1.54, 1.807) is 6.92 Å². The second kappa shape index (κ2) is 7.22. The van der Waals surface area contributed by atoms with E-state index in [0.29, 0.717) is 17.7 Å². The Hall–Kier alpha value is -2.07. The lowest BCUT2D eigenvalue weighted by Gasteiger charge is -2.49. The van der Waals surface area contributed by atoms with E-state index in [-0.39, 0.29) is 24.4 Å². The molecule has 5 N–H and O–H groups in total. The lowest BCUT2D eigenvalue weighted by molar-refractivity contribution is -0.150. The Labute approximate surface area is 142 Å². The van der Waals surface area contributed by atoms with Gasteiger partial charge in [-0.05, 0) is 25.3 Å². The van der Waals surface area contributed by atoms with Crippen LogP contribution in [0.4, 0.5) is 0 Å². The third-order valence-electron chi connectivity index (χ3n) is 3.91. The van der Waals surface area contributed by atoms with Crippen LogP contribution in [0.5, 0.6) is 0 Å². The van der Waals surface area contributed by atoms with Gasteiger partial charge in [0.1, 0.15) is 23.2 Å². The summed E-state index contributed by atoms with van der Waals surface area (Å²) in [6.07, 6.45) is 0.515. The molecule has 2 rings (SSSR count). The van der Waals surface area contributed by atoms with E-state index in [2.05, 4.69) is 5.32 Å². The predicted octanol–water partition coefficient (Wildman–Crippen LogP) is -0.673. The summed E-state index contributed by atoms with van der Waals surface area (Å²) >= 11 is 1.40. The number of hydrogen-bond donors (Lipinski definition) is 4. The van der Waals surface area contributed by atoms with Crippen LogP contribution < -0.4 is 11.1 Å². The topological polar surface area (TPSA) is 150 Å². The molecule has 0 saturated carbocycles. The number of nitrogens with two attached hydrogens (primary N) is 1. The van der Waals surface area contributed by atoms with Gasteiger partial charge >= 0.3 is 11.9 Å². The number of nitrogens with one attached hydrogen (secondary N) is 1. The van der Waals surface area contributed by atoms with Crippen LogP contribution in [-0.2, 0) is 19.2 Å². The Kier molecular flexibility index (Phi) is 5.50. The SMILES string of the molecule is CC1=C(C(=O)O)N2C(=O)C(NC(=O)CCCC(N)C(=O)O)[C@@H]2SC1. The van der Waals surface area contributed by atoms with Crippen molar-refractivity contribution in [2.45, 2.75) is 43.6 Å². The van der Waals surface area contributed by atoms with Crippen molar-refractivity contribution in [2.75, 3.05) is 5.75 Å². The normalized spacial score (nSPS) is 24.1. The number of nitrogens with zero attached hydrogens (tertiary/aromatic N) is 1. The van der Waals surface area contributed by atoms with Gasteiger partial charge in [-0.1, -0.05) is 0 Å². The minimum absolute atomic E-state index is 0.0123. The molecule has 0 bridgehead atoms. The molecule has 0 aliphatic carbocycles. The van der Waals surface area contributed by atoms with Gasteiger partial charge in [0.2, 0.25) is 5.91 Å². The summed E-state index contributed by atoms with van der Waals surface area (Å²) in [5.41, 5.74) is 5.95. The van der Waals surface area contributed by atoms with Crippen molar-refractivity contribution in [3.63, 3.8) is 0 Å². The molecule has 2 aliphatic heterocycles. The van der Waals surface area contributed by atoms with Crippen molar-refractivity contribution in [3.8, 4) is 0 Å². The van der Waals surface area contributed by atoms with Gasteiger partial charge in [0, 0.05) is 12.2 Å². The Balaban J connectivity index is 1.88. The first-order valence-electron chi connectivity index (χ1n) is 7.39. The van der Waals surface area contributed by atoms with Gasteiger partial charge in [-0.15, -0.1) is 11.8 Å². The second-order valence-corrected chi connectivity index (χ2v) is 6.83. The fraction of sp³-hybridized carbons (Fsp3) is 0.571. The molecule has 132 valence electrons. The summed E-state index contributed by atoms with van der Waals surface area (Å²) in [5, 5.41) is 20.1. The molecular formula is C14H19N3O6S. The number of carbonyl (C=O) groups excluding carboxylic acids is 2. The van der Waals surface area contributed by atoms with Crippen molar-refractivity contribution >= 4 is 35.5 Å². The van der Waals surface area contributed by atoms with Gasteiger partial charge in [0.25, 0.3) is 5.91 Å². The Bertz CT molecular complexity index is 620. The van der Waals surface area contributed by atoms with E-state index in [0.717, 1.165) is 0 Å². The number of hydrogen-bond acceptors (Lipinski definition) is 6. The van der Waals surface area contributed by atoms with E-state index in [4.69, 9.17) is 10.8 Å². The van der Waals surface area contributed by atoms with Crippen molar-refractivity contribution in [1.29, 1.82) is 0 Å². The highest BCUT2D eigenvalue weighted by atomic mass is 32.2. The number of fused-ring (bicyclic) bond motifs is 1. The first-order valence-corrected chi connectivity index (χ1v) is 8.44. The first kappa shape index (κ1) is 18.3. The number of aliphatic carboxylic acids is 2. The molecule has 0 radical (unpaired) electrons. The molecule has 0 aromatic carbocycles. The van der Waals surface area contributed by atoms with Crippen LogP contribution in [0.25, 0.3) is 0 Å². The van der Waals surface area contributed by atoms with Crippen LogP contribution in [0.3, 0.4) is 0 Å². The summed E-state index contributed by atoms with van der Waals surface area (Å²) in [6, 6.07) is -1.77. The summed E-state index contributed by atoms with van der Waals surface area (Å²) in [5.74, 6) is -2.62. The molecular weight excluding hydrogens is 338 g/mol. The molecule has 1 saturated heterocycles. The van der Waals surface area contributed by atoms with Crippen LogP contribution in [0.1, 0.15) is 26.2 Å². The average Bonchev–Trinajstić information content (AvgIpc) is 2.51. The maximum absolute atomic E-state index is 12.2. The van der Waals surface area contributed by atoms with Gasteiger partial charge in [-0.2, -0.15) is 0 Å². The van der Waals surface area contributed by atoms with Crippen molar-refractivity contribution in [3.05, 3.63) is 11.3 Å². The lowest BCUT2D eigenvalue weighted by Crippen LogP contribution is -2.70. The molecule has 0 spiro atoms. The maximum atomic E-state index is 12.2. The molecule has 10 heteroatoms. The van der Waals surface area contributed by atoms with Crippen molar-refractivity contribution < 1.29 is 29.4 Å². The summed E-state index contributed by atoms with van der Waals surface area (Å²) in [6.45, 7) is 1.66. The van der Waals surface area contributed by atoms with E-state index in [1.807, 2.05) is 0 Å². The van der Waals surface area contributed by atoms with E-state index in [1.165, 1.54) is 16.7 Å². The zero-order chi connectivity index (χ0) is 18.0. The van der Waals surface area contributed by atoms with Gasteiger partial charge in [-0.25, -0.2) is 4.79 Å². The van der Waals surface area contributed by atoms with Gasteiger partial charge < -0.3 is 21.3 Å². The minimum atomic E-state index is -1.15. The summed E-state index contributed by atoms with van der Waals surface area (Å²) in [7, 11) is 0. The average molecular weight is 357 g/mol. The summed E-state index contributed by atoms with van der Waals surface area (Å²) in [4.78, 5) is 47.1. The van der Waals surface area contributed by atoms with Crippen LogP contribution in [-0.4, -0.2) is 62.1 Å². The monoisotopic (exact) mass is 357 g/mol. The number of amides is 2. The van der Waals surface area contributed by atoms with Gasteiger partial charge in [0.15, 0.2) is 0 Å². The Morgan fingerprint density at radius 2 is 2.08 bits per heavy atom. The van der Waals surface area contributed by atoms with Crippen LogP contribution >= 0.6 is 11.8 Å². The van der Waals surface area contributed by atoms with Crippen molar-refractivity contribution in [1.82, 2.24) is 10.2 Å². The number of rotatable bonds is 7. The first-order chi connectivity index (χ1) is 11.2. The maximum Gasteiger partial charge on any atom is 0.352 e. The van der Waals surface area contributed by atoms with Crippen LogP contribution in [0.2, 0.25) is 0 Å². The zero-order valence-corrected chi connectivity index (χ0v) is 13.8. The molecule has 0 aromatic rings. The molecule has 9 nitrogen and oxygen atoms in total. The fourth-order valence-corrected chi connectivity index (χ4v) is 3.92. The molecule has 2 amide bonds. The lowest BCUT2D eigenvalue weighted by atomic mass is 10.0. The quantitative estimate of drug-likeness (QED) is 0.438. The Morgan fingerprint density at radius 1 is 1.42 bits per heavy atom. The molecule has 2 heterocycles. The largest absolute Gasteiger partial charge is 0.480 e. The van der Waals surface area contributed by atoms with Gasteiger partial charge in [-0.3, -0.25) is 19.3 Å². The molecule has 0 aromatic heterocycles. The van der Waals surface area contributed by atoms with Crippen molar-refractivity contribution in [2.24, 2.45) is 5.73 Å². The van der Waals surface area contributed by atoms with Crippen LogP contribution in [0.15, 0.2) is 11.3 Å². The number of carboxylic acids is 2. The second-order valence-electron chi connectivity index (χ2n) is 5.73. The molecule has 3 atom stereocenters. The molecule has 2 aliphatic rings. The third kappa shape index (κ3) is 3.54. The summed E-state index contributed by atoms with van der Waals surface area (Å²) < 4.78 is 0. The molecule has 2 unspecified atom stereocenters. The highest BCUT2D eigenvalue weighted by Crippen LogP contribution is 2.40. The Morgan fingerprint density at radius 3 is 2.67 bits per heavy atom. The number of carbonyl (C=O) groups is 4.